The zero-order valence-electron chi connectivity index (χ0n) is 15.4. The molecule has 1 atom stereocenters. The van der Waals surface area contributed by atoms with Crippen molar-refractivity contribution in [3.05, 3.63) is 70.4 Å². The van der Waals surface area contributed by atoms with Gasteiger partial charge in [0.1, 0.15) is 6.17 Å². The van der Waals surface area contributed by atoms with Gasteiger partial charge in [-0.25, -0.2) is 10.0 Å². The third-order valence-electron chi connectivity index (χ3n) is 4.99. The van der Waals surface area contributed by atoms with Crippen LogP contribution in [-0.4, -0.2) is 29.7 Å². The Morgan fingerprint density at radius 3 is 2.54 bits per heavy atom. The number of allylic oxidation sites excluding steroid dienone is 1. The van der Waals surface area contributed by atoms with E-state index in [4.69, 9.17) is 4.99 Å². The highest BCUT2D eigenvalue weighted by atomic mass is 16.1. The van der Waals surface area contributed by atoms with Crippen molar-refractivity contribution in [1.82, 2.24) is 10.4 Å². The van der Waals surface area contributed by atoms with E-state index < -0.39 is 0 Å². The summed E-state index contributed by atoms with van der Waals surface area (Å²) in [6, 6.07) is 13.7. The standard InChI is InChI=1S/C21H22N4O/c1-12-6-5-7-17-19(12)23-21-18(13(2)24-25(21)4)20(17)22-16-10-8-15(9-11-16)14(3)26/h5-11,21,23-24H,1-4H3. The molecule has 5 heteroatoms. The van der Waals surface area contributed by atoms with Crippen LogP contribution in [0.5, 0.6) is 0 Å². The van der Waals surface area contributed by atoms with Crippen LogP contribution in [0.2, 0.25) is 0 Å². The van der Waals surface area contributed by atoms with Crippen LogP contribution < -0.4 is 10.7 Å². The zero-order chi connectivity index (χ0) is 18.4. The summed E-state index contributed by atoms with van der Waals surface area (Å²) in [5.41, 5.74) is 11.5. The molecule has 26 heavy (non-hydrogen) atoms. The van der Waals surface area contributed by atoms with Crippen LogP contribution in [0.25, 0.3) is 0 Å². The zero-order valence-corrected chi connectivity index (χ0v) is 15.4. The van der Waals surface area contributed by atoms with E-state index in [1.165, 1.54) is 5.56 Å². The fourth-order valence-electron chi connectivity index (χ4n) is 3.62. The number of aryl methyl sites for hydroxylation is 1. The molecule has 132 valence electrons. The maximum absolute atomic E-state index is 11.5. The van der Waals surface area contributed by atoms with Crippen molar-refractivity contribution in [3.63, 3.8) is 0 Å². The minimum atomic E-state index is 0.0406. The molecule has 0 amide bonds. The van der Waals surface area contributed by atoms with Crippen molar-refractivity contribution in [1.29, 1.82) is 0 Å². The van der Waals surface area contributed by atoms with Gasteiger partial charge in [0.15, 0.2) is 5.78 Å². The molecule has 0 saturated carbocycles. The van der Waals surface area contributed by atoms with Crippen molar-refractivity contribution in [2.24, 2.45) is 4.99 Å². The van der Waals surface area contributed by atoms with Crippen molar-refractivity contribution < 1.29 is 4.79 Å². The Hall–Kier alpha value is -2.92. The van der Waals surface area contributed by atoms with Crippen molar-refractivity contribution in [3.8, 4) is 0 Å². The quantitative estimate of drug-likeness (QED) is 0.812. The summed E-state index contributed by atoms with van der Waals surface area (Å²) in [5.74, 6) is 0.0623. The van der Waals surface area contributed by atoms with E-state index in [1.807, 2.05) is 31.3 Å². The Kier molecular flexibility index (Phi) is 3.89. The second kappa shape index (κ2) is 6.11. The van der Waals surface area contributed by atoms with Crippen LogP contribution in [-0.2, 0) is 0 Å². The van der Waals surface area contributed by atoms with Crippen molar-refractivity contribution in [2.75, 3.05) is 12.4 Å². The van der Waals surface area contributed by atoms with Gasteiger partial charge in [0.2, 0.25) is 0 Å². The number of hydrogen-bond donors (Lipinski definition) is 2. The maximum Gasteiger partial charge on any atom is 0.159 e. The molecule has 0 bridgehead atoms. The molecule has 0 aromatic heterocycles. The first kappa shape index (κ1) is 16.5. The summed E-state index contributed by atoms with van der Waals surface area (Å²) in [5, 5.41) is 5.69. The summed E-state index contributed by atoms with van der Waals surface area (Å²) in [6.45, 7) is 5.75. The van der Waals surface area contributed by atoms with Gasteiger partial charge in [0.05, 0.1) is 11.4 Å². The number of Topliss-reactive ketones (excluding diaryl/α,β-unsaturated/α-hetero) is 1. The van der Waals surface area contributed by atoms with E-state index in [2.05, 4.69) is 47.8 Å². The van der Waals surface area contributed by atoms with Crippen molar-refractivity contribution in [2.45, 2.75) is 26.9 Å². The summed E-state index contributed by atoms with van der Waals surface area (Å²) in [7, 11) is 2.02. The van der Waals surface area contributed by atoms with Crippen molar-refractivity contribution >= 4 is 22.9 Å². The first-order chi connectivity index (χ1) is 12.5. The Balaban J connectivity index is 1.88. The number of ketones is 1. The average Bonchev–Trinajstić information content (AvgIpc) is 2.90. The number of carbonyl (C=O) groups excluding carboxylic acids is 1. The molecule has 0 aliphatic carbocycles. The predicted molar refractivity (Wildman–Crippen MR) is 105 cm³/mol. The van der Waals surface area contributed by atoms with Gasteiger partial charge in [-0.3, -0.25) is 4.79 Å². The lowest BCUT2D eigenvalue weighted by molar-refractivity contribution is 0.101. The Bertz CT molecular complexity index is 956. The van der Waals surface area contributed by atoms with Gasteiger partial charge >= 0.3 is 0 Å². The van der Waals surface area contributed by atoms with E-state index >= 15 is 0 Å². The minimum absolute atomic E-state index is 0.0406. The summed E-state index contributed by atoms with van der Waals surface area (Å²) >= 11 is 0. The molecular weight excluding hydrogens is 324 g/mol. The molecule has 5 nitrogen and oxygen atoms in total. The molecule has 2 aliphatic heterocycles. The summed E-state index contributed by atoms with van der Waals surface area (Å²) < 4.78 is 0. The van der Waals surface area contributed by atoms with Gasteiger partial charge in [-0.05, 0) is 50.6 Å². The number of anilines is 1. The van der Waals surface area contributed by atoms with Gasteiger partial charge in [0, 0.05) is 35.1 Å². The molecule has 2 aromatic carbocycles. The second-order valence-electron chi connectivity index (χ2n) is 6.87. The molecule has 4 rings (SSSR count). The Morgan fingerprint density at radius 1 is 1.12 bits per heavy atom. The molecule has 2 N–H and O–H groups in total. The number of carbonyl (C=O) groups is 1. The van der Waals surface area contributed by atoms with Crippen LogP contribution >= 0.6 is 0 Å². The van der Waals surface area contributed by atoms with E-state index in [-0.39, 0.29) is 11.9 Å². The number of nitrogens with zero attached hydrogens (tertiary/aromatic N) is 2. The molecular formula is C21H22N4O. The molecule has 1 unspecified atom stereocenters. The fraction of sp³-hybridized carbons (Fsp3) is 0.238. The maximum atomic E-state index is 11.5. The molecule has 2 heterocycles. The lowest BCUT2D eigenvalue weighted by Crippen LogP contribution is -2.44. The molecule has 0 saturated heterocycles. The van der Waals surface area contributed by atoms with Crippen LogP contribution in [0, 0.1) is 6.92 Å². The molecule has 0 radical (unpaired) electrons. The van der Waals surface area contributed by atoms with E-state index in [9.17, 15) is 4.79 Å². The largest absolute Gasteiger partial charge is 0.364 e. The van der Waals surface area contributed by atoms with Crippen LogP contribution in [0.1, 0.15) is 35.3 Å². The summed E-state index contributed by atoms with van der Waals surface area (Å²) in [6.07, 6.45) is 0.0406. The number of hydrogen-bond acceptors (Lipinski definition) is 5. The molecule has 0 fully saturated rings. The lowest BCUT2D eigenvalue weighted by atomic mass is 9.91. The average molecular weight is 346 g/mol. The van der Waals surface area contributed by atoms with Crippen LogP contribution in [0.4, 0.5) is 11.4 Å². The van der Waals surface area contributed by atoms with Crippen LogP contribution in [0.3, 0.4) is 0 Å². The van der Waals surface area contributed by atoms with E-state index in [0.29, 0.717) is 5.56 Å². The Morgan fingerprint density at radius 2 is 1.85 bits per heavy atom. The monoisotopic (exact) mass is 346 g/mol. The van der Waals surface area contributed by atoms with Gasteiger partial charge in [-0.15, -0.1) is 0 Å². The number of benzene rings is 2. The third-order valence-corrected chi connectivity index (χ3v) is 4.99. The highest BCUT2D eigenvalue weighted by molar-refractivity contribution is 6.20. The number of fused-ring (bicyclic) bond motifs is 2. The van der Waals surface area contributed by atoms with E-state index in [1.54, 1.807) is 6.92 Å². The minimum Gasteiger partial charge on any atom is -0.364 e. The smallest absolute Gasteiger partial charge is 0.159 e. The van der Waals surface area contributed by atoms with Gasteiger partial charge in [-0.1, -0.05) is 18.2 Å². The molecule has 2 aromatic rings. The Labute approximate surface area is 153 Å². The number of aliphatic imine (C=N–C) groups is 1. The number of nitrogens with one attached hydrogen (secondary N) is 2. The topological polar surface area (TPSA) is 56.7 Å². The van der Waals surface area contributed by atoms with Gasteiger partial charge < -0.3 is 10.7 Å². The fourth-order valence-corrected chi connectivity index (χ4v) is 3.62. The predicted octanol–water partition coefficient (Wildman–Crippen LogP) is 3.79. The number of rotatable bonds is 2. The van der Waals surface area contributed by atoms with E-state index in [0.717, 1.165) is 33.9 Å². The van der Waals surface area contributed by atoms with Gasteiger partial charge in [-0.2, -0.15) is 0 Å². The first-order valence-electron chi connectivity index (χ1n) is 8.72. The molecule has 0 spiro atoms. The van der Waals surface area contributed by atoms with Gasteiger partial charge in [0.25, 0.3) is 0 Å². The summed E-state index contributed by atoms with van der Waals surface area (Å²) in [4.78, 5) is 16.5. The van der Waals surface area contributed by atoms with Crippen LogP contribution in [0.15, 0.2) is 58.7 Å². The second-order valence-corrected chi connectivity index (χ2v) is 6.87. The lowest BCUT2D eigenvalue weighted by Gasteiger charge is -2.32. The number of likely N-dealkylation sites (N-methyl/N-ethyl adjacent to an activating group) is 1. The molecule has 2 aliphatic rings. The third kappa shape index (κ3) is 2.61. The number of hydrazine groups is 1. The SMILES string of the molecule is CC(=O)c1ccc(N=C2C3=C(C)NN(C)C3Nc3c(C)cccc32)cc1. The first-order valence-corrected chi connectivity index (χ1v) is 8.72. The highest BCUT2D eigenvalue weighted by Gasteiger charge is 2.37. The highest BCUT2D eigenvalue weighted by Crippen LogP contribution is 2.36. The normalized spacial score (nSPS) is 20.5. The number of para-hydroxylation sites is 1.